The lowest BCUT2D eigenvalue weighted by Gasteiger charge is -2.29. The standard InChI is InChI=1S/C21H32N2O3S2/c1-3-4-12-28(25,26)23-14-19-13-22(20(24)15-27-2)16-21(19,17-23)11-10-18-8-6-5-7-9-18/h5-9,19H,3-4,10-17H2,1-2H3. The molecule has 0 bridgehead atoms. The van der Waals surface area contributed by atoms with Crippen LogP contribution in [0.2, 0.25) is 0 Å². The minimum absolute atomic E-state index is 0.122. The van der Waals surface area contributed by atoms with E-state index in [4.69, 9.17) is 0 Å². The van der Waals surface area contributed by atoms with Crippen LogP contribution in [0.1, 0.15) is 31.7 Å². The molecule has 2 fully saturated rings. The van der Waals surface area contributed by atoms with Crippen molar-refractivity contribution < 1.29 is 13.2 Å². The van der Waals surface area contributed by atoms with Gasteiger partial charge in [-0.15, -0.1) is 0 Å². The summed E-state index contributed by atoms with van der Waals surface area (Å²) in [5, 5.41) is 0. The van der Waals surface area contributed by atoms with Gasteiger partial charge in [0, 0.05) is 31.6 Å². The Hall–Kier alpha value is -1.05. The first kappa shape index (κ1) is 21.7. The first-order valence-electron chi connectivity index (χ1n) is 10.2. The number of aryl methyl sites for hydroxylation is 1. The average Bonchev–Trinajstić information content (AvgIpc) is 3.21. The molecule has 3 rings (SSSR count). The minimum Gasteiger partial charge on any atom is -0.341 e. The number of sulfonamides is 1. The number of carbonyl (C=O) groups is 1. The second-order valence-corrected chi connectivity index (χ2v) is 11.2. The molecule has 156 valence electrons. The predicted octanol–water partition coefficient (Wildman–Crippen LogP) is 2.87. The van der Waals surface area contributed by atoms with Crippen molar-refractivity contribution in [3.63, 3.8) is 0 Å². The lowest BCUT2D eigenvalue weighted by Crippen LogP contribution is -2.40. The largest absolute Gasteiger partial charge is 0.341 e. The molecule has 0 spiro atoms. The molecule has 1 aromatic rings. The van der Waals surface area contributed by atoms with Crippen LogP contribution in [0, 0.1) is 11.3 Å². The summed E-state index contributed by atoms with van der Waals surface area (Å²) in [5.74, 6) is 1.15. The quantitative estimate of drug-likeness (QED) is 0.612. The molecule has 2 heterocycles. The third-order valence-corrected chi connectivity index (χ3v) is 8.66. The molecule has 2 unspecified atom stereocenters. The van der Waals surface area contributed by atoms with Gasteiger partial charge < -0.3 is 4.90 Å². The van der Waals surface area contributed by atoms with Gasteiger partial charge in [-0.3, -0.25) is 4.79 Å². The van der Waals surface area contributed by atoms with Gasteiger partial charge in [-0.25, -0.2) is 12.7 Å². The minimum atomic E-state index is -3.21. The summed E-state index contributed by atoms with van der Waals surface area (Å²) in [5.41, 5.74) is 1.15. The lowest BCUT2D eigenvalue weighted by molar-refractivity contribution is -0.127. The van der Waals surface area contributed by atoms with Crippen LogP contribution in [-0.2, 0) is 21.2 Å². The molecule has 7 heteroatoms. The Bertz CT molecular complexity index is 769. The van der Waals surface area contributed by atoms with Crippen molar-refractivity contribution in [1.29, 1.82) is 0 Å². The van der Waals surface area contributed by atoms with Crippen molar-refractivity contribution in [1.82, 2.24) is 9.21 Å². The van der Waals surface area contributed by atoms with Gasteiger partial charge in [0.05, 0.1) is 11.5 Å². The fraction of sp³-hybridized carbons (Fsp3) is 0.667. The normalized spacial score (nSPS) is 25.2. The third-order valence-electron chi connectivity index (χ3n) is 6.25. The highest BCUT2D eigenvalue weighted by Gasteiger charge is 2.54. The number of rotatable bonds is 9. The molecule has 2 atom stereocenters. The van der Waals surface area contributed by atoms with E-state index in [1.165, 1.54) is 5.56 Å². The number of nitrogens with zero attached hydrogens (tertiary/aromatic N) is 2. The number of likely N-dealkylation sites (tertiary alicyclic amines) is 1. The molecule has 0 aliphatic carbocycles. The van der Waals surface area contributed by atoms with E-state index in [1.807, 2.05) is 36.3 Å². The predicted molar refractivity (Wildman–Crippen MR) is 116 cm³/mol. The Kier molecular flexibility index (Phi) is 7.10. The molecule has 2 aliphatic heterocycles. The molecule has 0 radical (unpaired) electrons. The molecular weight excluding hydrogens is 392 g/mol. The first-order valence-corrected chi connectivity index (χ1v) is 13.2. The van der Waals surface area contributed by atoms with Crippen LogP contribution < -0.4 is 0 Å². The maximum atomic E-state index is 12.8. The van der Waals surface area contributed by atoms with E-state index >= 15 is 0 Å². The maximum absolute atomic E-state index is 12.8. The fourth-order valence-corrected chi connectivity index (χ4v) is 6.80. The number of hydrogen-bond acceptors (Lipinski definition) is 4. The molecule has 28 heavy (non-hydrogen) atoms. The van der Waals surface area contributed by atoms with Crippen LogP contribution in [0.4, 0.5) is 0 Å². The van der Waals surface area contributed by atoms with E-state index in [0.717, 1.165) is 19.3 Å². The highest BCUT2D eigenvalue weighted by molar-refractivity contribution is 7.99. The van der Waals surface area contributed by atoms with Crippen molar-refractivity contribution >= 4 is 27.7 Å². The molecule has 0 N–H and O–H groups in total. The number of fused-ring (bicyclic) bond motifs is 1. The van der Waals surface area contributed by atoms with Gasteiger partial charge in [0.25, 0.3) is 0 Å². The van der Waals surface area contributed by atoms with E-state index in [0.29, 0.717) is 38.4 Å². The summed E-state index contributed by atoms with van der Waals surface area (Å²) in [6.07, 6.45) is 5.38. The topological polar surface area (TPSA) is 57.7 Å². The maximum Gasteiger partial charge on any atom is 0.232 e. The van der Waals surface area contributed by atoms with E-state index in [-0.39, 0.29) is 23.0 Å². The van der Waals surface area contributed by atoms with Crippen molar-refractivity contribution in [2.24, 2.45) is 11.3 Å². The van der Waals surface area contributed by atoms with Gasteiger partial charge in [0.2, 0.25) is 15.9 Å². The smallest absolute Gasteiger partial charge is 0.232 e. The number of thioether (sulfide) groups is 1. The second kappa shape index (κ2) is 9.18. The number of amides is 1. The average molecular weight is 425 g/mol. The van der Waals surface area contributed by atoms with Crippen LogP contribution in [0.5, 0.6) is 0 Å². The Labute approximate surface area is 173 Å². The van der Waals surface area contributed by atoms with E-state index in [1.54, 1.807) is 16.1 Å². The van der Waals surface area contributed by atoms with Gasteiger partial charge in [-0.05, 0) is 37.0 Å². The molecule has 1 aromatic carbocycles. The summed E-state index contributed by atoms with van der Waals surface area (Å²) >= 11 is 1.55. The van der Waals surface area contributed by atoms with Crippen LogP contribution in [0.25, 0.3) is 0 Å². The van der Waals surface area contributed by atoms with Gasteiger partial charge in [0.1, 0.15) is 0 Å². The van der Waals surface area contributed by atoms with Crippen molar-refractivity contribution in [2.75, 3.05) is 43.9 Å². The molecule has 0 aromatic heterocycles. The second-order valence-electron chi connectivity index (χ2n) is 8.21. The molecule has 0 saturated carbocycles. The van der Waals surface area contributed by atoms with Gasteiger partial charge >= 0.3 is 0 Å². The highest BCUT2D eigenvalue weighted by Crippen LogP contribution is 2.46. The lowest BCUT2D eigenvalue weighted by atomic mass is 9.76. The van der Waals surface area contributed by atoms with Crippen molar-refractivity contribution in [2.45, 2.75) is 32.6 Å². The summed E-state index contributed by atoms with van der Waals surface area (Å²) in [6.45, 7) is 4.51. The summed E-state index contributed by atoms with van der Waals surface area (Å²) < 4.78 is 27.3. The van der Waals surface area contributed by atoms with Gasteiger partial charge in [-0.1, -0.05) is 43.7 Å². The monoisotopic (exact) mass is 424 g/mol. The van der Waals surface area contributed by atoms with Gasteiger partial charge in [-0.2, -0.15) is 11.8 Å². The zero-order valence-corrected chi connectivity index (χ0v) is 18.6. The summed E-state index contributed by atoms with van der Waals surface area (Å²) in [6, 6.07) is 10.4. The third kappa shape index (κ3) is 4.74. The van der Waals surface area contributed by atoms with Crippen molar-refractivity contribution in [3.05, 3.63) is 35.9 Å². The summed E-state index contributed by atoms with van der Waals surface area (Å²) in [4.78, 5) is 14.5. The van der Waals surface area contributed by atoms with Crippen LogP contribution in [-0.4, -0.2) is 67.5 Å². The zero-order valence-electron chi connectivity index (χ0n) is 17.0. The number of unbranched alkanes of at least 4 members (excludes halogenated alkanes) is 1. The molecule has 1 amide bonds. The SMILES string of the molecule is CCCCS(=O)(=O)N1CC2CN(C(=O)CSC)CC2(CCc2ccccc2)C1. The molecular formula is C21H32N2O3S2. The number of carbonyl (C=O) groups excluding carboxylic acids is 1. The molecule has 2 aliphatic rings. The van der Waals surface area contributed by atoms with Gasteiger partial charge in [0.15, 0.2) is 0 Å². The Morgan fingerprint density at radius 1 is 1.21 bits per heavy atom. The Balaban J connectivity index is 1.76. The molecule has 2 saturated heterocycles. The van der Waals surface area contributed by atoms with Crippen molar-refractivity contribution in [3.8, 4) is 0 Å². The highest BCUT2D eigenvalue weighted by atomic mass is 32.2. The van der Waals surface area contributed by atoms with Crippen LogP contribution in [0.15, 0.2) is 30.3 Å². The number of hydrogen-bond donors (Lipinski definition) is 0. The van der Waals surface area contributed by atoms with E-state index < -0.39 is 10.0 Å². The molecule has 5 nitrogen and oxygen atoms in total. The first-order chi connectivity index (χ1) is 13.4. The summed E-state index contributed by atoms with van der Waals surface area (Å²) in [7, 11) is -3.21. The van der Waals surface area contributed by atoms with E-state index in [2.05, 4.69) is 12.1 Å². The Morgan fingerprint density at radius 2 is 1.96 bits per heavy atom. The fourth-order valence-electron chi connectivity index (χ4n) is 4.60. The Morgan fingerprint density at radius 3 is 2.64 bits per heavy atom. The van der Waals surface area contributed by atoms with Crippen LogP contribution in [0.3, 0.4) is 0 Å². The van der Waals surface area contributed by atoms with Crippen LogP contribution >= 0.6 is 11.8 Å². The zero-order chi connectivity index (χ0) is 20.2. The number of benzene rings is 1. The van der Waals surface area contributed by atoms with E-state index in [9.17, 15) is 13.2 Å².